The SMILES string of the molecule is COc1cccc(C(=O)N2[C@H](C(=O)N3CCCC3)COC23CCCCC3)c1. The van der Waals surface area contributed by atoms with E-state index in [0.717, 1.165) is 58.0 Å². The number of nitrogens with zero attached hydrogens (tertiary/aromatic N) is 2. The molecule has 1 aromatic carbocycles. The van der Waals surface area contributed by atoms with Gasteiger partial charge in [0.15, 0.2) is 0 Å². The fourth-order valence-corrected chi connectivity index (χ4v) is 4.70. The van der Waals surface area contributed by atoms with Gasteiger partial charge in [-0.2, -0.15) is 0 Å². The van der Waals surface area contributed by atoms with Crippen molar-refractivity contribution in [2.45, 2.75) is 56.7 Å². The van der Waals surface area contributed by atoms with E-state index in [2.05, 4.69) is 0 Å². The maximum absolute atomic E-state index is 13.5. The smallest absolute Gasteiger partial charge is 0.257 e. The molecule has 6 nitrogen and oxygen atoms in total. The Hall–Kier alpha value is -2.08. The van der Waals surface area contributed by atoms with Gasteiger partial charge >= 0.3 is 0 Å². The molecule has 6 heteroatoms. The molecule has 3 aliphatic rings. The predicted molar refractivity (Wildman–Crippen MR) is 101 cm³/mol. The van der Waals surface area contributed by atoms with Crippen LogP contribution in [0.5, 0.6) is 5.75 Å². The van der Waals surface area contributed by atoms with Crippen LogP contribution in [0.4, 0.5) is 0 Å². The first kappa shape index (κ1) is 18.3. The van der Waals surface area contributed by atoms with Crippen molar-refractivity contribution in [2.75, 3.05) is 26.8 Å². The van der Waals surface area contributed by atoms with Gasteiger partial charge in [0.1, 0.15) is 17.5 Å². The third kappa shape index (κ3) is 3.31. The molecule has 1 aromatic rings. The summed E-state index contributed by atoms with van der Waals surface area (Å²) in [5, 5.41) is 0. The molecule has 2 aliphatic heterocycles. The van der Waals surface area contributed by atoms with Crippen molar-refractivity contribution in [2.24, 2.45) is 0 Å². The third-order valence-electron chi connectivity index (χ3n) is 6.13. The van der Waals surface area contributed by atoms with E-state index in [1.54, 1.807) is 24.1 Å². The summed E-state index contributed by atoms with van der Waals surface area (Å²) in [6.07, 6.45) is 6.86. The number of benzene rings is 1. The Kier molecular flexibility index (Phi) is 5.08. The molecule has 1 atom stereocenters. The van der Waals surface area contributed by atoms with Crippen molar-refractivity contribution in [1.82, 2.24) is 9.80 Å². The second-order valence-corrected chi connectivity index (χ2v) is 7.77. The van der Waals surface area contributed by atoms with Crippen LogP contribution in [0.25, 0.3) is 0 Å². The first-order valence-electron chi connectivity index (χ1n) is 10.1. The molecule has 0 bridgehead atoms. The Morgan fingerprint density at radius 3 is 2.56 bits per heavy atom. The number of rotatable bonds is 3. The van der Waals surface area contributed by atoms with Gasteiger partial charge in [0.2, 0.25) is 5.91 Å². The van der Waals surface area contributed by atoms with E-state index in [9.17, 15) is 9.59 Å². The highest BCUT2D eigenvalue weighted by Gasteiger charge is 2.53. The molecule has 2 heterocycles. The topological polar surface area (TPSA) is 59.1 Å². The lowest BCUT2D eigenvalue weighted by Gasteiger charge is -2.42. The summed E-state index contributed by atoms with van der Waals surface area (Å²) in [5.74, 6) is 0.540. The van der Waals surface area contributed by atoms with Crippen LogP contribution in [-0.4, -0.2) is 60.2 Å². The number of hydrogen-bond donors (Lipinski definition) is 0. The molecule has 4 rings (SSSR count). The molecular formula is C21H28N2O4. The lowest BCUT2D eigenvalue weighted by molar-refractivity contribution is -0.136. The van der Waals surface area contributed by atoms with Gasteiger partial charge in [-0.25, -0.2) is 0 Å². The second kappa shape index (κ2) is 7.50. The summed E-state index contributed by atoms with van der Waals surface area (Å²) in [6, 6.07) is 6.64. The summed E-state index contributed by atoms with van der Waals surface area (Å²) in [7, 11) is 1.59. The minimum Gasteiger partial charge on any atom is -0.497 e. The zero-order chi connectivity index (χ0) is 18.9. The maximum Gasteiger partial charge on any atom is 0.257 e. The second-order valence-electron chi connectivity index (χ2n) is 7.77. The molecule has 2 saturated heterocycles. The number of methoxy groups -OCH3 is 1. The zero-order valence-corrected chi connectivity index (χ0v) is 16.0. The van der Waals surface area contributed by atoms with Gasteiger partial charge in [0.25, 0.3) is 5.91 Å². The molecule has 3 fully saturated rings. The fourth-order valence-electron chi connectivity index (χ4n) is 4.70. The Morgan fingerprint density at radius 2 is 1.85 bits per heavy atom. The van der Waals surface area contributed by atoms with Gasteiger partial charge in [-0.05, 0) is 56.7 Å². The van der Waals surface area contributed by atoms with Gasteiger partial charge in [0.05, 0.1) is 13.7 Å². The maximum atomic E-state index is 13.5. The molecule has 0 unspecified atom stereocenters. The number of ether oxygens (including phenoxy) is 2. The highest BCUT2D eigenvalue weighted by atomic mass is 16.5. The van der Waals surface area contributed by atoms with Crippen molar-refractivity contribution in [3.8, 4) is 5.75 Å². The molecule has 27 heavy (non-hydrogen) atoms. The molecule has 0 aromatic heterocycles. The van der Waals surface area contributed by atoms with Crippen molar-refractivity contribution in [3.63, 3.8) is 0 Å². The summed E-state index contributed by atoms with van der Waals surface area (Å²) in [5.41, 5.74) is -0.0950. The number of likely N-dealkylation sites (tertiary alicyclic amines) is 1. The van der Waals surface area contributed by atoms with E-state index in [1.807, 2.05) is 17.0 Å². The van der Waals surface area contributed by atoms with Gasteiger partial charge < -0.3 is 14.4 Å². The van der Waals surface area contributed by atoms with E-state index in [4.69, 9.17) is 9.47 Å². The van der Waals surface area contributed by atoms with Gasteiger partial charge in [-0.15, -0.1) is 0 Å². The van der Waals surface area contributed by atoms with Crippen molar-refractivity contribution < 1.29 is 19.1 Å². The van der Waals surface area contributed by atoms with Gasteiger partial charge in [-0.3, -0.25) is 14.5 Å². The number of carbonyl (C=O) groups is 2. The van der Waals surface area contributed by atoms with Crippen LogP contribution in [0.2, 0.25) is 0 Å². The van der Waals surface area contributed by atoms with Crippen LogP contribution >= 0.6 is 0 Å². The highest BCUT2D eigenvalue weighted by Crippen LogP contribution is 2.42. The van der Waals surface area contributed by atoms with E-state index >= 15 is 0 Å². The zero-order valence-electron chi connectivity index (χ0n) is 16.0. The summed E-state index contributed by atoms with van der Waals surface area (Å²) >= 11 is 0. The Balaban J connectivity index is 1.67. The lowest BCUT2D eigenvalue weighted by atomic mass is 9.89. The van der Waals surface area contributed by atoms with Crippen LogP contribution in [0.1, 0.15) is 55.3 Å². The third-order valence-corrected chi connectivity index (χ3v) is 6.13. The van der Waals surface area contributed by atoms with Crippen LogP contribution in [0.15, 0.2) is 24.3 Å². The average Bonchev–Trinajstić information content (AvgIpc) is 3.36. The molecule has 0 N–H and O–H groups in total. The van der Waals surface area contributed by atoms with E-state index in [-0.39, 0.29) is 11.8 Å². The first-order valence-corrected chi connectivity index (χ1v) is 10.1. The summed E-state index contributed by atoms with van der Waals surface area (Å²) in [4.78, 5) is 30.4. The lowest BCUT2D eigenvalue weighted by Crippen LogP contribution is -2.56. The highest BCUT2D eigenvalue weighted by molar-refractivity contribution is 5.98. The first-order chi connectivity index (χ1) is 13.1. The summed E-state index contributed by atoms with van der Waals surface area (Å²) in [6.45, 7) is 1.86. The minimum atomic E-state index is -0.640. The van der Waals surface area contributed by atoms with Crippen LogP contribution < -0.4 is 4.74 Å². The number of carbonyl (C=O) groups excluding carboxylic acids is 2. The van der Waals surface area contributed by atoms with Crippen LogP contribution in [-0.2, 0) is 9.53 Å². The van der Waals surface area contributed by atoms with E-state index < -0.39 is 11.8 Å². The molecule has 146 valence electrons. The molecule has 1 saturated carbocycles. The molecule has 2 amide bonds. The standard InChI is InChI=1S/C21H28N2O4/c1-26-17-9-7-8-16(14-17)19(24)23-18(20(25)22-12-5-6-13-22)15-27-21(23)10-3-2-4-11-21/h7-9,14,18H,2-6,10-13,15H2,1H3/t18-/m0/s1. The Bertz CT molecular complexity index is 708. The van der Waals surface area contributed by atoms with Gasteiger partial charge in [-0.1, -0.05) is 12.5 Å². The fraction of sp³-hybridized carbons (Fsp3) is 0.619. The van der Waals surface area contributed by atoms with Crippen molar-refractivity contribution in [1.29, 1.82) is 0 Å². The van der Waals surface area contributed by atoms with E-state index in [0.29, 0.717) is 17.9 Å². The minimum absolute atomic E-state index is 0.0335. The van der Waals surface area contributed by atoms with Crippen molar-refractivity contribution >= 4 is 11.8 Å². The van der Waals surface area contributed by atoms with Crippen molar-refractivity contribution in [3.05, 3.63) is 29.8 Å². The largest absolute Gasteiger partial charge is 0.497 e. The average molecular weight is 372 g/mol. The Labute approximate surface area is 160 Å². The molecular weight excluding hydrogens is 344 g/mol. The Morgan fingerprint density at radius 1 is 1.11 bits per heavy atom. The molecule has 0 radical (unpaired) electrons. The quantitative estimate of drug-likeness (QED) is 0.819. The van der Waals surface area contributed by atoms with Crippen LogP contribution in [0.3, 0.4) is 0 Å². The monoisotopic (exact) mass is 372 g/mol. The summed E-state index contributed by atoms with van der Waals surface area (Å²) < 4.78 is 11.5. The van der Waals surface area contributed by atoms with E-state index in [1.165, 1.54) is 0 Å². The predicted octanol–water partition coefficient (Wildman–Crippen LogP) is 2.82. The number of amides is 2. The number of hydrogen-bond acceptors (Lipinski definition) is 4. The normalized spacial score (nSPS) is 24.4. The molecule has 1 spiro atoms. The van der Waals surface area contributed by atoms with Gasteiger partial charge in [0, 0.05) is 18.7 Å². The molecule has 1 aliphatic carbocycles. The van der Waals surface area contributed by atoms with Crippen LogP contribution in [0, 0.1) is 0 Å².